The molecule has 0 saturated carbocycles. The number of carbonyl (C=O) groups excluding carboxylic acids is 3. The number of hydrogen-bond donors (Lipinski definition) is 2. The number of fused-ring (bicyclic) bond motifs is 1. The molecule has 0 unspecified atom stereocenters. The minimum Gasteiger partial charge on any atom is -0.294 e. The molecule has 2 aromatic rings. The van der Waals surface area contributed by atoms with Crippen LogP contribution in [0.4, 0.5) is 0 Å². The zero-order chi connectivity index (χ0) is 18.4. The van der Waals surface area contributed by atoms with Crippen LogP contribution in [0.15, 0.2) is 48.5 Å². The van der Waals surface area contributed by atoms with Gasteiger partial charge in [-0.2, -0.15) is 0 Å². The normalized spacial score (nSPS) is 12.8. The Bertz CT molecular complexity index is 815. The average molecular weight is 350 g/mol. The van der Waals surface area contributed by atoms with Crippen LogP contribution in [0.25, 0.3) is 0 Å². The van der Waals surface area contributed by atoms with Gasteiger partial charge in [0.05, 0.1) is 0 Å². The van der Waals surface area contributed by atoms with Crippen LogP contribution in [0.1, 0.15) is 57.5 Å². The molecule has 0 radical (unpaired) electrons. The molecule has 0 heterocycles. The van der Waals surface area contributed by atoms with Gasteiger partial charge >= 0.3 is 0 Å². The molecule has 0 fully saturated rings. The molecule has 2 N–H and O–H groups in total. The smallest absolute Gasteiger partial charge is 0.269 e. The van der Waals surface area contributed by atoms with Crippen LogP contribution < -0.4 is 10.9 Å². The van der Waals surface area contributed by atoms with Crippen molar-refractivity contribution in [2.24, 2.45) is 0 Å². The molecule has 2 amide bonds. The third-order valence-electron chi connectivity index (χ3n) is 4.60. The Hall–Kier alpha value is -2.95. The Labute approximate surface area is 152 Å². The van der Waals surface area contributed by atoms with E-state index in [-0.39, 0.29) is 30.4 Å². The number of nitrogens with one attached hydrogen (secondary N) is 2. The van der Waals surface area contributed by atoms with E-state index in [1.807, 2.05) is 24.3 Å². The molecule has 3 rings (SSSR count). The Morgan fingerprint density at radius 3 is 2.27 bits per heavy atom. The van der Waals surface area contributed by atoms with Crippen molar-refractivity contribution in [3.63, 3.8) is 0 Å². The van der Waals surface area contributed by atoms with Gasteiger partial charge in [-0.3, -0.25) is 25.2 Å². The third-order valence-corrected chi connectivity index (χ3v) is 4.60. The summed E-state index contributed by atoms with van der Waals surface area (Å²) in [4.78, 5) is 36.0. The fourth-order valence-electron chi connectivity index (χ4n) is 3.13. The van der Waals surface area contributed by atoms with Gasteiger partial charge in [0.1, 0.15) is 0 Å². The van der Waals surface area contributed by atoms with Gasteiger partial charge in [-0.1, -0.05) is 30.3 Å². The summed E-state index contributed by atoms with van der Waals surface area (Å²) in [6.07, 6.45) is 4.61. The van der Waals surface area contributed by atoms with Crippen molar-refractivity contribution in [2.45, 2.75) is 38.5 Å². The fourth-order valence-corrected chi connectivity index (χ4v) is 3.13. The van der Waals surface area contributed by atoms with E-state index >= 15 is 0 Å². The van der Waals surface area contributed by atoms with Gasteiger partial charge < -0.3 is 0 Å². The van der Waals surface area contributed by atoms with Gasteiger partial charge in [-0.05, 0) is 55.0 Å². The van der Waals surface area contributed by atoms with Crippen LogP contribution in [0.3, 0.4) is 0 Å². The highest BCUT2D eigenvalue weighted by Crippen LogP contribution is 2.22. The Morgan fingerprint density at radius 2 is 1.50 bits per heavy atom. The molecule has 26 heavy (non-hydrogen) atoms. The zero-order valence-electron chi connectivity index (χ0n) is 14.6. The summed E-state index contributed by atoms with van der Waals surface area (Å²) in [5.74, 6) is -0.830. The van der Waals surface area contributed by atoms with Gasteiger partial charge in [0.2, 0.25) is 5.91 Å². The van der Waals surface area contributed by atoms with E-state index in [9.17, 15) is 14.4 Å². The van der Waals surface area contributed by atoms with Gasteiger partial charge in [-0.25, -0.2) is 0 Å². The molecule has 0 atom stereocenters. The van der Waals surface area contributed by atoms with E-state index in [1.54, 1.807) is 24.3 Å². The molecule has 0 aromatic heterocycles. The molecule has 0 saturated heterocycles. The first-order chi connectivity index (χ1) is 12.6. The van der Waals surface area contributed by atoms with E-state index in [4.69, 9.17) is 0 Å². The number of amides is 2. The van der Waals surface area contributed by atoms with Gasteiger partial charge in [-0.15, -0.1) is 0 Å². The van der Waals surface area contributed by atoms with E-state index < -0.39 is 0 Å². The number of rotatable bonds is 5. The van der Waals surface area contributed by atoms with Crippen LogP contribution in [0.2, 0.25) is 0 Å². The zero-order valence-corrected chi connectivity index (χ0v) is 14.6. The summed E-state index contributed by atoms with van der Waals surface area (Å²) in [5.41, 5.74) is 8.40. The SMILES string of the molecule is O=C(CCC(=O)c1ccc2c(c1)CCCC2)NNC(=O)c1ccccc1. The maximum absolute atomic E-state index is 12.3. The van der Waals surface area contributed by atoms with Gasteiger partial charge in [0.15, 0.2) is 5.78 Å². The van der Waals surface area contributed by atoms with E-state index in [2.05, 4.69) is 10.9 Å². The molecule has 2 aromatic carbocycles. The highest BCUT2D eigenvalue weighted by atomic mass is 16.2. The third kappa shape index (κ3) is 4.57. The van der Waals surface area contributed by atoms with Crippen molar-refractivity contribution in [1.29, 1.82) is 0 Å². The maximum Gasteiger partial charge on any atom is 0.269 e. The number of Topliss-reactive ketones (excluding diaryl/α,β-unsaturated/α-hetero) is 1. The van der Waals surface area contributed by atoms with Crippen molar-refractivity contribution in [2.75, 3.05) is 0 Å². The summed E-state index contributed by atoms with van der Waals surface area (Å²) in [7, 11) is 0. The second-order valence-electron chi connectivity index (χ2n) is 6.48. The summed E-state index contributed by atoms with van der Waals surface area (Å²) in [6, 6.07) is 14.4. The van der Waals surface area contributed by atoms with E-state index in [0.29, 0.717) is 11.1 Å². The lowest BCUT2D eigenvalue weighted by Crippen LogP contribution is -2.41. The van der Waals surface area contributed by atoms with Crippen LogP contribution in [0, 0.1) is 0 Å². The lowest BCUT2D eigenvalue weighted by molar-refractivity contribution is -0.121. The minimum absolute atomic E-state index is 0.0327. The van der Waals surface area contributed by atoms with Crippen molar-refractivity contribution in [1.82, 2.24) is 10.9 Å². The first-order valence-electron chi connectivity index (χ1n) is 8.93. The molecule has 0 bridgehead atoms. The summed E-state index contributed by atoms with van der Waals surface area (Å²) in [5, 5.41) is 0. The van der Waals surface area contributed by atoms with Crippen molar-refractivity contribution in [3.8, 4) is 0 Å². The number of ketones is 1. The standard InChI is InChI=1S/C21H22N2O3/c24-19(18-11-10-15-6-4-5-9-17(15)14-18)12-13-20(25)22-23-21(26)16-7-2-1-3-8-16/h1-3,7-8,10-11,14H,4-6,9,12-13H2,(H,22,25)(H,23,26). The van der Waals surface area contributed by atoms with Gasteiger partial charge in [0, 0.05) is 24.0 Å². The topological polar surface area (TPSA) is 75.3 Å². The second kappa shape index (κ2) is 8.43. The van der Waals surface area contributed by atoms with E-state index in [0.717, 1.165) is 19.3 Å². The average Bonchev–Trinajstić information content (AvgIpc) is 2.70. The van der Waals surface area contributed by atoms with Crippen LogP contribution >= 0.6 is 0 Å². The highest BCUT2D eigenvalue weighted by molar-refractivity contribution is 5.99. The van der Waals surface area contributed by atoms with Crippen molar-refractivity contribution < 1.29 is 14.4 Å². The molecular formula is C21H22N2O3. The molecular weight excluding hydrogens is 328 g/mol. The largest absolute Gasteiger partial charge is 0.294 e. The number of carbonyl (C=O) groups is 3. The lowest BCUT2D eigenvalue weighted by Gasteiger charge is -2.16. The molecule has 0 spiro atoms. The first-order valence-corrected chi connectivity index (χ1v) is 8.93. The van der Waals surface area contributed by atoms with Crippen LogP contribution in [-0.2, 0) is 17.6 Å². The highest BCUT2D eigenvalue weighted by Gasteiger charge is 2.14. The fraction of sp³-hybridized carbons (Fsp3) is 0.286. The second-order valence-corrected chi connectivity index (χ2v) is 6.48. The Morgan fingerprint density at radius 1 is 0.769 bits per heavy atom. The minimum atomic E-state index is -0.389. The van der Waals surface area contributed by atoms with Crippen molar-refractivity contribution in [3.05, 3.63) is 70.8 Å². The number of hydrazine groups is 1. The molecule has 0 aliphatic heterocycles. The summed E-state index contributed by atoms with van der Waals surface area (Å²) >= 11 is 0. The van der Waals surface area contributed by atoms with Crippen molar-refractivity contribution >= 4 is 17.6 Å². The molecule has 1 aliphatic rings. The first kappa shape index (κ1) is 17.9. The quantitative estimate of drug-likeness (QED) is 0.643. The summed E-state index contributed by atoms with van der Waals surface area (Å²) in [6.45, 7) is 0. The van der Waals surface area contributed by atoms with Gasteiger partial charge in [0.25, 0.3) is 5.91 Å². The maximum atomic E-state index is 12.3. The predicted molar refractivity (Wildman–Crippen MR) is 98.7 cm³/mol. The molecule has 5 nitrogen and oxygen atoms in total. The molecule has 1 aliphatic carbocycles. The van der Waals surface area contributed by atoms with Crippen LogP contribution in [0.5, 0.6) is 0 Å². The Balaban J connectivity index is 1.47. The predicted octanol–water partition coefficient (Wildman–Crippen LogP) is 2.99. The number of hydrogen-bond acceptors (Lipinski definition) is 3. The number of aryl methyl sites for hydroxylation is 2. The Kier molecular flexibility index (Phi) is 5.79. The molecule has 134 valence electrons. The monoisotopic (exact) mass is 350 g/mol. The number of benzene rings is 2. The summed E-state index contributed by atoms with van der Waals surface area (Å²) < 4.78 is 0. The van der Waals surface area contributed by atoms with Crippen LogP contribution in [-0.4, -0.2) is 17.6 Å². The molecule has 5 heteroatoms. The lowest BCUT2D eigenvalue weighted by atomic mass is 9.89. The van der Waals surface area contributed by atoms with E-state index in [1.165, 1.54) is 17.5 Å².